The molecule has 0 amide bonds. The Morgan fingerprint density at radius 3 is 2.94 bits per heavy atom. The van der Waals surface area contributed by atoms with Crippen molar-refractivity contribution >= 4 is 29.3 Å². The number of carbonyl (C=O) groups is 1. The fourth-order valence-electron chi connectivity index (χ4n) is 1.46. The van der Waals surface area contributed by atoms with Crippen LogP contribution in [0.2, 0.25) is 0 Å². The van der Waals surface area contributed by atoms with Gasteiger partial charge in [0.15, 0.2) is 5.58 Å². The van der Waals surface area contributed by atoms with E-state index >= 15 is 0 Å². The van der Waals surface area contributed by atoms with Crippen molar-refractivity contribution in [2.45, 2.75) is 12.6 Å². The molecule has 2 rings (SSSR count). The minimum Gasteiger partial charge on any atom is -0.480 e. The van der Waals surface area contributed by atoms with Crippen molar-refractivity contribution in [2.75, 3.05) is 0 Å². The van der Waals surface area contributed by atoms with Gasteiger partial charge in [0.05, 0.1) is 12.1 Å². The SMILES string of the molecule is N[C@@H](Cn1c(=S)oc2ccccc21)C(=O)O. The molecule has 1 heterocycles. The molecule has 3 N–H and O–H groups in total. The summed E-state index contributed by atoms with van der Waals surface area (Å²) in [5.74, 6) is -1.06. The molecule has 1 aromatic heterocycles. The van der Waals surface area contributed by atoms with Crippen LogP contribution in [0.3, 0.4) is 0 Å². The second-order valence-electron chi connectivity index (χ2n) is 3.39. The largest absolute Gasteiger partial charge is 0.480 e. The smallest absolute Gasteiger partial charge is 0.322 e. The monoisotopic (exact) mass is 238 g/mol. The summed E-state index contributed by atoms with van der Waals surface area (Å²) in [6.07, 6.45) is 0. The normalized spacial score (nSPS) is 12.8. The standard InChI is InChI=1S/C10H10N2O3S/c11-6(9(13)14)5-12-7-3-1-2-4-8(7)15-10(12)16/h1-4,6H,5,11H2,(H,13,14)/t6-/m0/s1. The average Bonchev–Trinajstić information content (AvgIpc) is 2.55. The van der Waals surface area contributed by atoms with Gasteiger partial charge in [-0.15, -0.1) is 0 Å². The van der Waals surface area contributed by atoms with Gasteiger partial charge in [0.25, 0.3) is 4.84 Å². The fourth-order valence-corrected chi connectivity index (χ4v) is 1.72. The maximum absolute atomic E-state index is 10.7. The van der Waals surface area contributed by atoms with Crippen LogP contribution < -0.4 is 5.73 Å². The number of nitrogens with zero attached hydrogens (tertiary/aromatic N) is 1. The average molecular weight is 238 g/mol. The van der Waals surface area contributed by atoms with Crippen LogP contribution in [0.5, 0.6) is 0 Å². The highest BCUT2D eigenvalue weighted by Crippen LogP contribution is 2.17. The Bertz CT molecular complexity index is 587. The van der Waals surface area contributed by atoms with Gasteiger partial charge in [-0.2, -0.15) is 0 Å². The van der Waals surface area contributed by atoms with E-state index in [9.17, 15) is 4.79 Å². The molecular formula is C10H10N2O3S. The van der Waals surface area contributed by atoms with E-state index in [1.807, 2.05) is 18.2 Å². The van der Waals surface area contributed by atoms with E-state index in [2.05, 4.69) is 0 Å². The van der Waals surface area contributed by atoms with Gasteiger partial charge in [0.1, 0.15) is 6.04 Å². The number of oxazole rings is 1. The van der Waals surface area contributed by atoms with Crippen LogP contribution in [0.4, 0.5) is 0 Å². The van der Waals surface area contributed by atoms with Crippen LogP contribution in [0.15, 0.2) is 28.7 Å². The number of benzene rings is 1. The van der Waals surface area contributed by atoms with Crippen molar-refractivity contribution in [1.29, 1.82) is 0 Å². The van der Waals surface area contributed by atoms with E-state index in [0.717, 1.165) is 5.52 Å². The first kappa shape index (κ1) is 10.8. The van der Waals surface area contributed by atoms with Crippen molar-refractivity contribution in [3.63, 3.8) is 0 Å². The predicted octanol–water partition coefficient (Wildman–Crippen LogP) is 1.38. The molecule has 0 unspecified atom stereocenters. The summed E-state index contributed by atoms with van der Waals surface area (Å²) in [5.41, 5.74) is 6.84. The topological polar surface area (TPSA) is 81.4 Å². The first-order valence-corrected chi connectivity index (χ1v) is 5.07. The minimum atomic E-state index is -1.06. The van der Waals surface area contributed by atoms with E-state index in [1.54, 1.807) is 10.6 Å². The molecule has 1 atom stereocenters. The third kappa shape index (κ3) is 1.84. The van der Waals surface area contributed by atoms with Gasteiger partial charge >= 0.3 is 5.97 Å². The van der Waals surface area contributed by atoms with Crippen LogP contribution in [0.1, 0.15) is 0 Å². The summed E-state index contributed by atoms with van der Waals surface area (Å²) in [6, 6.07) is 6.24. The van der Waals surface area contributed by atoms with Crippen molar-refractivity contribution < 1.29 is 14.3 Å². The molecule has 0 fully saturated rings. The van der Waals surface area contributed by atoms with Gasteiger partial charge in [0, 0.05) is 0 Å². The number of carboxylic acid groups (broad SMARTS) is 1. The van der Waals surface area contributed by atoms with Crippen molar-refractivity contribution in [2.24, 2.45) is 5.73 Å². The number of fused-ring (bicyclic) bond motifs is 1. The van der Waals surface area contributed by atoms with Crippen LogP contribution in [-0.2, 0) is 11.3 Å². The Labute approximate surface area is 96.1 Å². The summed E-state index contributed by atoms with van der Waals surface area (Å²) in [6.45, 7) is 0.102. The van der Waals surface area contributed by atoms with Gasteiger partial charge in [0.2, 0.25) is 0 Å². The maximum Gasteiger partial charge on any atom is 0.322 e. The first-order valence-electron chi connectivity index (χ1n) is 4.66. The molecule has 5 nitrogen and oxygen atoms in total. The number of para-hydroxylation sites is 2. The second kappa shape index (κ2) is 4.07. The molecule has 1 aromatic carbocycles. The lowest BCUT2D eigenvalue weighted by Gasteiger charge is -2.07. The molecule has 0 aliphatic rings. The third-order valence-electron chi connectivity index (χ3n) is 2.27. The highest BCUT2D eigenvalue weighted by molar-refractivity contribution is 7.71. The summed E-state index contributed by atoms with van der Waals surface area (Å²) >= 11 is 5.01. The van der Waals surface area contributed by atoms with Gasteiger partial charge in [-0.3, -0.25) is 9.36 Å². The number of nitrogens with two attached hydrogens (primary N) is 1. The van der Waals surface area contributed by atoms with E-state index in [4.69, 9.17) is 27.5 Å². The van der Waals surface area contributed by atoms with Crippen LogP contribution in [0.25, 0.3) is 11.1 Å². The summed E-state index contributed by atoms with van der Waals surface area (Å²) in [4.78, 5) is 10.9. The number of hydrogen-bond donors (Lipinski definition) is 2. The Balaban J connectivity index is 2.48. The molecule has 2 aromatic rings. The number of aliphatic carboxylic acids is 1. The molecule has 0 saturated carbocycles. The van der Waals surface area contributed by atoms with E-state index in [1.165, 1.54) is 0 Å². The third-order valence-corrected chi connectivity index (χ3v) is 2.57. The Kier molecular flexibility index (Phi) is 2.76. The van der Waals surface area contributed by atoms with Crippen LogP contribution >= 0.6 is 12.2 Å². The van der Waals surface area contributed by atoms with E-state index in [0.29, 0.717) is 5.58 Å². The highest BCUT2D eigenvalue weighted by atomic mass is 32.1. The van der Waals surface area contributed by atoms with Crippen LogP contribution in [0, 0.1) is 4.84 Å². The number of aromatic nitrogens is 1. The first-order chi connectivity index (χ1) is 7.59. The lowest BCUT2D eigenvalue weighted by Crippen LogP contribution is -2.34. The second-order valence-corrected chi connectivity index (χ2v) is 3.74. The zero-order valence-corrected chi connectivity index (χ0v) is 9.11. The van der Waals surface area contributed by atoms with Gasteiger partial charge < -0.3 is 15.3 Å². The van der Waals surface area contributed by atoms with Gasteiger partial charge in [-0.05, 0) is 24.4 Å². The lowest BCUT2D eigenvalue weighted by molar-refractivity contribution is -0.138. The zero-order valence-electron chi connectivity index (χ0n) is 8.29. The molecule has 0 aliphatic carbocycles. The molecule has 6 heteroatoms. The summed E-state index contributed by atoms with van der Waals surface area (Å²) < 4.78 is 6.90. The Hall–Kier alpha value is -1.66. The molecule has 0 spiro atoms. The van der Waals surface area contributed by atoms with E-state index < -0.39 is 12.0 Å². The van der Waals surface area contributed by atoms with Gasteiger partial charge in [-0.25, -0.2) is 0 Å². The molecule has 0 aliphatic heterocycles. The number of rotatable bonds is 3. The zero-order chi connectivity index (χ0) is 11.7. The van der Waals surface area contributed by atoms with Gasteiger partial charge in [-0.1, -0.05) is 12.1 Å². The molecular weight excluding hydrogens is 228 g/mol. The Morgan fingerprint density at radius 2 is 2.25 bits per heavy atom. The van der Waals surface area contributed by atoms with Crippen molar-refractivity contribution in [3.8, 4) is 0 Å². The number of hydrogen-bond acceptors (Lipinski definition) is 4. The maximum atomic E-state index is 10.7. The highest BCUT2D eigenvalue weighted by Gasteiger charge is 2.15. The van der Waals surface area contributed by atoms with Crippen molar-refractivity contribution in [3.05, 3.63) is 29.1 Å². The number of carboxylic acids is 1. The quantitative estimate of drug-likeness (QED) is 0.789. The molecule has 0 radical (unpaired) electrons. The Morgan fingerprint density at radius 1 is 1.56 bits per heavy atom. The summed E-state index contributed by atoms with van der Waals surface area (Å²) in [5, 5.41) is 8.74. The fraction of sp³-hybridized carbons (Fsp3) is 0.200. The van der Waals surface area contributed by atoms with E-state index in [-0.39, 0.29) is 11.4 Å². The van der Waals surface area contributed by atoms with Crippen molar-refractivity contribution in [1.82, 2.24) is 4.57 Å². The predicted molar refractivity (Wildman–Crippen MR) is 60.6 cm³/mol. The minimum absolute atomic E-state index is 0.102. The summed E-state index contributed by atoms with van der Waals surface area (Å²) in [7, 11) is 0. The molecule has 84 valence electrons. The molecule has 0 saturated heterocycles. The molecule has 16 heavy (non-hydrogen) atoms. The van der Waals surface area contributed by atoms with Crippen LogP contribution in [-0.4, -0.2) is 21.7 Å². The molecule has 0 bridgehead atoms. The lowest BCUT2D eigenvalue weighted by atomic mass is 10.3.